The van der Waals surface area contributed by atoms with E-state index in [0.29, 0.717) is 12.1 Å². The summed E-state index contributed by atoms with van der Waals surface area (Å²) in [5.74, 6) is 0. The Morgan fingerprint density at radius 3 is 2.63 bits per heavy atom. The molecule has 19 heavy (non-hydrogen) atoms. The SMILES string of the molecule is COC1CCC(NCCCn2nc(C)cc2C)CC1. The molecule has 1 aromatic heterocycles. The van der Waals surface area contributed by atoms with Gasteiger partial charge in [0.1, 0.15) is 0 Å². The average Bonchev–Trinajstić information content (AvgIpc) is 2.74. The van der Waals surface area contributed by atoms with Gasteiger partial charge in [0.2, 0.25) is 0 Å². The molecule has 4 nitrogen and oxygen atoms in total. The minimum Gasteiger partial charge on any atom is -0.381 e. The summed E-state index contributed by atoms with van der Waals surface area (Å²) in [7, 11) is 1.83. The number of nitrogens with one attached hydrogen (secondary N) is 1. The molecule has 1 aliphatic rings. The van der Waals surface area contributed by atoms with Crippen molar-refractivity contribution in [2.75, 3.05) is 13.7 Å². The molecule has 1 heterocycles. The molecule has 1 fully saturated rings. The third kappa shape index (κ3) is 4.32. The van der Waals surface area contributed by atoms with E-state index in [4.69, 9.17) is 4.74 Å². The van der Waals surface area contributed by atoms with Gasteiger partial charge in [0.15, 0.2) is 0 Å². The van der Waals surface area contributed by atoms with E-state index in [1.807, 2.05) is 7.11 Å². The van der Waals surface area contributed by atoms with Crippen molar-refractivity contribution in [3.63, 3.8) is 0 Å². The number of hydrogen-bond donors (Lipinski definition) is 1. The fourth-order valence-corrected chi connectivity index (χ4v) is 2.94. The van der Waals surface area contributed by atoms with Crippen molar-refractivity contribution in [2.45, 2.75) is 64.6 Å². The highest BCUT2D eigenvalue weighted by Gasteiger charge is 2.19. The summed E-state index contributed by atoms with van der Waals surface area (Å²) in [6.45, 7) is 6.27. The third-order valence-electron chi connectivity index (χ3n) is 4.09. The van der Waals surface area contributed by atoms with E-state index in [2.05, 4.69) is 35.0 Å². The molecule has 0 spiro atoms. The Balaban J connectivity index is 1.61. The Labute approximate surface area is 116 Å². The molecule has 0 unspecified atom stereocenters. The topological polar surface area (TPSA) is 39.1 Å². The van der Waals surface area contributed by atoms with Crippen LogP contribution in [0.2, 0.25) is 0 Å². The molecule has 0 atom stereocenters. The van der Waals surface area contributed by atoms with Gasteiger partial charge in [0.05, 0.1) is 11.8 Å². The highest BCUT2D eigenvalue weighted by Crippen LogP contribution is 2.20. The number of ether oxygens (including phenoxy) is 1. The highest BCUT2D eigenvalue weighted by atomic mass is 16.5. The van der Waals surface area contributed by atoms with Crippen molar-refractivity contribution in [1.82, 2.24) is 15.1 Å². The van der Waals surface area contributed by atoms with Gasteiger partial charge in [-0.3, -0.25) is 4.68 Å². The first-order valence-corrected chi connectivity index (χ1v) is 7.46. The largest absolute Gasteiger partial charge is 0.381 e. The normalized spacial score (nSPS) is 23.7. The molecule has 0 saturated heterocycles. The molecular formula is C15H27N3O. The molecule has 0 amide bonds. The maximum atomic E-state index is 5.40. The summed E-state index contributed by atoms with van der Waals surface area (Å²) in [6.07, 6.45) is 6.54. The molecule has 1 aromatic rings. The number of aryl methyl sites for hydroxylation is 3. The van der Waals surface area contributed by atoms with Crippen LogP contribution in [0.1, 0.15) is 43.5 Å². The number of nitrogens with zero attached hydrogens (tertiary/aromatic N) is 2. The van der Waals surface area contributed by atoms with Gasteiger partial charge >= 0.3 is 0 Å². The van der Waals surface area contributed by atoms with Crippen molar-refractivity contribution in [3.8, 4) is 0 Å². The maximum absolute atomic E-state index is 5.40. The fourth-order valence-electron chi connectivity index (χ4n) is 2.94. The Bertz CT molecular complexity index is 381. The van der Waals surface area contributed by atoms with Crippen molar-refractivity contribution in [3.05, 3.63) is 17.5 Å². The smallest absolute Gasteiger partial charge is 0.0596 e. The molecule has 1 aliphatic carbocycles. The van der Waals surface area contributed by atoms with Gasteiger partial charge in [-0.25, -0.2) is 0 Å². The van der Waals surface area contributed by atoms with Gasteiger partial charge in [-0.2, -0.15) is 5.10 Å². The van der Waals surface area contributed by atoms with E-state index in [9.17, 15) is 0 Å². The Kier molecular flexibility index (Phi) is 5.40. The second-order valence-corrected chi connectivity index (χ2v) is 5.67. The highest BCUT2D eigenvalue weighted by molar-refractivity contribution is 5.06. The summed E-state index contributed by atoms with van der Waals surface area (Å²) in [6, 6.07) is 2.83. The van der Waals surface area contributed by atoms with Crippen LogP contribution in [0.15, 0.2) is 6.07 Å². The van der Waals surface area contributed by atoms with Gasteiger partial charge in [0.25, 0.3) is 0 Å². The number of hydrogen-bond acceptors (Lipinski definition) is 3. The van der Waals surface area contributed by atoms with Crippen LogP contribution in [-0.2, 0) is 11.3 Å². The second kappa shape index (κ2) is 7.06. The molecule has 0 bridgehead atoms. The van der Waals surface area contributed by atoms with E-state index in [0.717, 1.165) is 25.2 Å². The molecule has 0 radical (unpaired) electrons. The van der Waals surface area contributed by atoms with Gasteiger partial charge in [-0.15, -0.1) is 0 Å². The van der Waals surface area contributed by atoms with Crippen molar-refractivity contribution in [2.24, 2.45) is 0 Å². The Morgan fingerprint density at radius 2 is 2.05 bits per heavy atom. The second-order valence-electron chi connectivity index (χ2n) is 5.67. The van der Waals surface area contributed by atoms with Crippen molar-refractivity contribution < 1.29 is 4.74 Å². The predicted molar refractivity (Wildman–Crippen MR) is 77.4 cm³/mol. The monoisotopic (exact) mass is 265 g/mol. The van der Waals surface area contributed by atoms with Gasteiger partial charge in [0, 0.05) is 25.4 Å². The van der Waals surface area contributed by atoms with Crippen LogP contribution in [0, 0.1) is 13.8 Å². The standard InChI is InChI=1S/C15H27N3O/c1-12-11-13(2)18(17-12)10-4-9-16-14-5-7-15(19-3)8-6-14/h11,14-16H,4-10H2,1-3H3. The quantitative estimate of drug-likeness (QED) is 0.803. The molecular weight excluding hydrogens is 238 g/mol. The van der Waals surface area contributed by atoms with Gasteiger partial charge in [-0.1, -0.05) is 0 Å². The number of rotatable bonds is 6. The summed E-state index contributed by atoms with van der Waals surface area (Å²) >= 11 is 0. The molecule has 0 aromatic carbocycles. The number of aromatic nitrogens is 2. The average molecular weight is 265 g/mol. The van der Waals surface area contributed by atoms with Crippen LogP contribution >= 0.6 is 0 Å². The summed E-state index contributed by atoms with van der Waals surface area (Å²) in [5.41, 5.74) is 2.38. The van der Waals surface area contributed by atoms with E-state index in [1.165, 1.54) is 31.4 Å². The number of methoxy groups -OCH3 is 1. The van der Waals surface area contributed by atoms with E-state index in [1.54, 1.807) is 0 Å². The summed E-state index contributed by atoms with van der Waals surface area (Å²) < 4.78 is 7.51. The molecule has 1 N–H and O–H groups in total. The van der Waals surface area contributed by atoms with Crippen LogP contribution in [0.3, 0.4) is 0 Å². The Hall–Kier alpha value is -0.870. The zero-order valence-electron chi connectivity index (χ0n) is 12.5. The minimum atomic E-state index is 0.493. The fraction of sp³-hybridized carbons (Fsp3) is 0.800. The molecule has 2 rings (SSSR count). The first-order valence-electron chi connectivity index (χ1n) is 7.46. The van der Waals surface area contributed by atoms with Gasteiger partial charge < -0.3 is 10.1 Å². The van der Waals surface area contributed by atoms with Crippen LogP contribution in [0.25, 0.3) is 0 Å². The lowest BCUT2D eigenvalue weighted by Crippen LogP contribution is -2.35. The molecule has 108 valence electrons. The summed E-state index contributed by atoms with van der Waals surface area (Å²) in [4.78, 5) is 0. The van der Waals surface area contributed by atoms with Gasteiger partial charge in [-0.05, 0) is 58.6 Å². The van der Waals surface area contributed by atoms with E-state index in [-0.39, 0.29) is 0 Å². The van der Waals surface area contributed by atoms with Crippen molar-refractivity contribution in [1.29, 1.82) is 0 Å². The third-order valence-corrected chi connectivity index (χ3v) is 4.09. The molecule has 0 aliphatic heterocycles. The first kappa shape index (κ1) is 14.5. The molecule has 4 heteroatoms. The maximum Gasteiger partial charge on any atom is 0.0596 e. The molecule has 1 saturated carbocycles. The van der Waals surface area contributed by atoms with E-state index >= 15 is 0 Å². The van der Waals surface area contributed by atoms with Crippen LogP contribution < -0.4 is 5.32 Å². The van der Waals surface area contributed by atoms with E-state index < -0.39 is 0 Å². The Morgan fingerprint density at radius 1 is 1.32 bits per heavy atom. The lowest BCUT2D eigenvalue weighted by atomic mass is 9.93. The van der Waals surface area contributed by atoms with Crippen LogP contribution in [-0.4, -0.2) is 35.6 Å². The zero-order valence-corrected chi connectivity index (χ0v) is 12.5. The van der Waals surface area contributed by atoms with Crippen molar-refractivity contribution >= 4 is 0 Å². The minimum absolute atomic E-state index is 0.493. The summed E-state index contributed by atoms with van der Waals surface area (Å²) in [5, 5.41) is 8.15. The van der Waals surface area contributed by atoms with Crippen LogP contribution in [0.4, 0.5) is 0 Å². The predicted octanol–water partition coefficient (Wildman–Crippen LogP) is 2.44. The first-order chi connectivity index (χ1) is 9.19. The lowest BCUT2D eigenvalue weighted by molar-refractivity contribution is 0.0625. The van der Waals surface area contributed by atoms with Crippen LogP contribution in [0.5, 0.6) is 0 Å². The zero-order chi connectivity index (χ0) is 13.7. The lowest BCUT2D eigenvalue weighted by Gasteiger charge is -2.28.